The van der Waals surface area contributed by atoms with Crippen molar-refractivity contribution in [1.82, 2.24) is 24.8 Å². The predicted molar refractivity (Wildman–Crippen MR) is 141 cm³/mol. The van der Waals surface area contributed by atoms with Crippen molar-refractivity contribution in [2.24, 2.45) is 0 Å². The van der Waals surface area contributed by atoms with Gasteiger partial charge < -0.3 is 25.0 Å². The molecule has 1 aromatic carbocycles. The number of fused-ring (bicyclic) bond motifs is 1. The molecule has 0 saturated carbocycles. The van der Waals surface area contributed by atoms with Crippen molar-refractivity contribution in [3.63, 3.8) is 0 Å². The molecular formula is C27H27N7O3. The van der Waals surface area contributed by atoms with Gasteiger partial charge in [0.25, 0.3) is 0 Å². The van der Waals surface area contributed by atoms with Gasteiger partial charge in [0.1, 0.15) is 42.2 Å². The zero-order valence-electron chi connectivity index (χ0n) is 20.4. The Kier molecular flexibility index (Phi) is 7.18. The molecule has 0 aliphatic carbocycles. The third kappa shape index (κ3) is 5.99. The van der Waals surface area contributed by atoms with Crippen LogP contribution in [0.15, 0.2) is 73.8 Å². The molecule has 0 radical (unpaired) electrons. The van der Waals surface area contributed by atoms with E-state index in [1.54, 1.807) is 24.5 Å². The Morgan fingerprint density at radius 1 is 1.19 bits per heavy atom. The lowest BCUT2D eigenvalue weighted by atomic mass is 10.1. The minimum Gasteiger partial charge on any atom is -0.487 e. The summed E-state index contributed by atoms with van der Waals surface area (Å²) >= 11 is 0. The predicted octanol–water partition coefficient (Wildman–Crippen LogP) is 3.95. The van der Waals surface area contributed by atoms with E-state index < -0.39 is 0 Å². The molecule has 1 atom stereocenters. The van der Waals surface area contributed by atoms with Gasteiger partial charge in [-0.05, 0) is 49.9 Å². The maximum atomic E-state index is 12.1. The Balaban J connectivity index is 1.37. The second-order valence-corrected chi connectivity index (χ2v) is 8.69. The van der Waals surface area contributed by atoms with Crippen LogP contribution in [0.5, 0.6) is 11.5 Å². The number of likely N-dealkylation sites (tertiary alicyclic amines) is 1. The summed E-state index contributed by atoms with van der Waals surface area (Å²) in [6.07, 6.45) is 7.00. The largest absolute Gasteiger partial charge is 0.487 e. The molecule has 1 unspecified atom stereocenters. The maximum Gasteiger partial charge on any atom is 0.247 e. The Hall–Kier alpha value is -4.57. The monoisotopic (exact) mass is 497 g/mol. The van der Waals surface area contributed by atoms with Crippen molar-refractivity contribution in [3.8, 4) is 11.5 Å². The summed E-state index contributed by atoms with van der Waals surface area (Å²) in [6.45, 7) is 5.69. The molecule has 10 heteroatoms. The molecule has 1 aliphatic heterocycles. The zero-order chi connectivity index (χ0) is 25.6. The fraction of sp³-hybridized carbons (Fsp3) is 0.222. The Morgan fingerprint density at radius 2 is 2.11 bits per heavy atom. The van der Waals surface area contributed by atoms with E-state index >= 15 is 0 Å². The van der Waals surface area contributed by atoms with Crippen LogP contribution in [-0.4, -0.2) is 57.0 Å². The Labute approximate surface area is 214 Å². The highest BCUT2D eigenvalue weighted by molar-refractivity contribution is 6.03. The number of ether oxygens (including phenoxy) is 2. The van der Waals surface area contributed by atoms with E-state index in [1.165, 1.54) is 12.4 Å². The Bertz CT molecular complexity index is 1400. The van der Waals surface area contributed by atoms with Gasteiger partial charge in [-0.2, -0.15) is 0 Å². The number of amides is 1. The molecule has 188 valence electrons. The number of benzene rings is 1. The van der Waals surface area contributed by atoms with E-state index in [0.717, 1.165) is 25.2 Å². The van der Waals surface area contributed by atoms with Crippen LogP contribution >= 0.6 is 0 Å². The highest BCUT2D eigenvalue weighted by Crippen LogP contribution is 2.34. The number of hydrogen-bond acceptors (Lipinski definition) is 9. The molecule has 1 fully saturated rings. The summed E-state index contributed by atoms with van der Waals surface area (Å²) in [5.74, 6) is 1.97. The van der Waals surface area contributed by atoms with Crippen molar-refractivity contribution in [3.05, 3.63) is 79.5 Å². The number of likely N-dealkylation sites (N-methyl/N-ethyl adjacent to an activating group) is 1. The fourth-order valence-corrected chi connectivity index (χ4v) is 4.03. The number of carbonyl (C=O) groups excluding carboxylic acids is 1. The van der Waals surface area contributed by atoms with Crippen LogP contribution < -0.4 is 20.1 Å². The molecule has 5 rings (SSSR count). The van der Waals surface area contributed by atoms with Gasteiger partial charge in [0.2, 0.25) is 5.91 Å². The quantitative estimate of drug-likeness (QED) is 0.332. The molecule has 2 N–H and O–H groups in total. The minimum atomic E-state index is -0.331. The van der Waals surface area contributed by atoms with Crippen LogP contribution in [-0.2, 0) is 11.4 Å². The van der Waals surface area contributed by atoms with Crippen LogP contribution in [0, 0.1) is 0 Å². The summed E-state index contributed by atoms with van der Waals surface area (Å²) in [6, 6.07) is 12.9. The highest BCUT2D eigenvalue weighted by atomic mass is 16.5. The molecule has 0 bridgehead atoms. The van der Waals surface area contributed by atoms with Gasteiger partial charge in [0, 0.05) is 30.7 Å². The zero-order valence-corrected chi connectivity index (χ0v) is 20.4. The van der Waals surface area contributed by atoms with Gasteiger partial charge in [0.05, 0.1) is 23.1 Å². The lowest BCUT2D eigenvalue weighted by molar-refractivity contribution is -0.111. The second kappa shape index (κ2) is 11.0. The third-order valence-electron chi connectivity index (χ3n) is 5.92. The molecule has 37 heavy (non-hydrogen) atoms. The number of hydrogen-bond donors (Lipinski definition) is 2. The molecule has 4 heterocycles. The number of nitrogens with zero attached hydrogens (tertiary/aromatic N) is 5. The minimum absolute atomic E-state index is 0.0314. The summed E-state index contributed by atoms with van der Waals surface area (Å²) in [5.41, 5.74) is 2.03. The maximum absolute atomic E-state index is 12.1. The summed E-state index contributed by atoms with van der Waals surface area (Å²) in [7, 11) is 2.06. The molecule has 3 aromatic heterocycles. The van der Waals surface area contributed by atoms with Crippen LogP contribution in [0.3, 0.4) is 0 Å². The number of rotatable bonds is 9. The third-order valence-corrected chi connectivity index (χ3v) is 5.92. The first-order chi connectivity index (χ1) is 18.1. The van der Waals surface area contributed by atoms with E-state index in [1.807, 2.05) is 30.3 Å². The van der Waals surface area contributed by atoms with Crippen LogP contribution in [0.25, 0.3) is 10.9 Å². The average molecular weight is 498 g/mol. The van der Waals surface area contributed by atoms with E-state index in [9.17, 15) is 4.79 Å². The van der Waals surface area contributed by atoms with E-state index in [-0.39, 0.29) is 12.0 Å². The molecule has 0 spiro atoms. The first kappa shape index (κ1) is 24.1. The summed E-state index contributed by atoms with van der Waals surface area (Å²) < 4.78 is 12.0. The lowest BCUT2D eigenvalue weighted by Gasteiger charge is -2.18. The van der Waals surface area contributed by atoms with Gasteiger partial charge in [-0.15, -0.1) is 0 Å². The molecule has 1 amide bonds. The van der Waals surface area contributed by atoms with Crippen LogP contribution in [0.4, 0.5) is 17.3 Å². The lowest BCUT2D eigenvalue weighted by Crippen LogP contribution is -2.22. The highest BCUT2D eigenvalue weighted by Gasteiger charge is 2.23. The van der Waals surface area contributed by atoms with Gasteiger partial charge in [-0.25, -0.2) is 15.0 Å². The summed E-state index contributed by atoms with van der Waals surface area (Å²) in [4.78, 5) is 31.9. The number of anilines is 3. The van der Waals surface area contributed by atoms with Gasteiger partial charge in [-0.1, -0.05) is 12.6 Å². The number of nitrogens with one attached hydrogen (secondary N) is 2. The number of pyridine rings is 2. The molecular weight excluding hydrogens is 470 g/mol. The van der Waals surface area contributed by atoms with E-state index in [0.29, 0.717) is 46.3 Å². The second-order valence-electron chi connectivity index (χ2n) is 8.69. The summed E-state index contributed by atoms with van der Waals surface area (Å²) in [5, 5.41) is 6.78. The van der Waals surface area contributed by atoms with Gasteiger partial charge in [0.15, 0.2) is 0 Å². The van der Waals surface area contributed by atoms with Gasteiger partial charge in [-0.3, -0.25) is 9.78 Å². The van der Waals surface area contributed by atoms with Crippen molar-refractivity contribution >= 4 is 34.1 Å². The van der Waals surface area contributed by atoms with Crippen molar-refractivity contribution in [2.45, 2.75) is 19.1 Å². The first-order valence-electron chi connectivity index (χ1n) is 11.9. The SMILES string of the molecule is C=CC(=O)Nc1cc2c(Nc3ccc(OCc4ccccn4)cn3)ncnc2cc1OC1CCN(C)C1. The van der Waals surface area contributed by atoms with Crippen molar-refractivity contribution in [2.75, 3.05) is 30.8 Å². The Morgan fingerprint density at radius 3 is 2.84 bits per heavy atom. The van der Waals surface area contributed by atoms with Crippen molar-refractivity contribution < 1.29 is 14.3 Å². The smallest absolute Gasteiger partial charge is 0.247 e. The average Bonchev–Trinajstić information content (AvgIpc) is 3.33. The number of aromatic nitrogens is 4. The van der Waals surface area contributed by atoms with Crippen LogP contribution in [0.2, 0.25) is 0 Å². The number of carbonyl (C=O) groups is 1. The molecule has 1 aliphatic rings. The molecule has 4 aromatic rings. The standard InChI is InChI=1S/C27H27N7O3/c1-3-26(35)32-23-12-21-22(13-24(23)37-20-9-11-34(2)15-20)30-17-31-27(21)33-25-8-7-19(14-29-25)36-16-18-6-4-5-10-28-18/h3-8,10,12-14,17,20H,1,9,11,15-16H2,2H3,(H,32,35)(H,29,30,31,33). The van der Waals surface area contributed by atoms with Crippen molar-refractivity contribution in [1.29, 1.82) is 0 Å². The van der Waals surface area contributed by atoms with Gasteiger partial charge >= 0.3 is 0 Å². The van der Waals surface area contributed by atoms with E-state index in [2.05, 4.69) is 49.1 Å². The normalized spacial score (nSPS) is 15.3. The molecule has 10 nitrogen and oxygen atoms in total. The van der Waals surface area contributed by atoms with Crippen LogP contribution in [0.1, 0.15) is 12.1 Å². The topological polar surface area (TPSA) is 114 Å². The first-order valence-corrected chi connectivity index (χ1v) is 11.9. The fourth-order valence-electron chi connectivity index (χ4n) is 4.03. The molecule has 1 saturated heterocycles. The van der Waals surface area contributed by atoms with E-state index in [4.69, 9.17) is 9.47 Å².